The Kier molecular flexibility index (Phi) is 9.84. The van der Waals surface area contributed by atoms with Gasteiger partial charge in [-0.1, -0.05) is 45.4 Å². The molecule has 0 bridgehead atoms. The number of esters is 1. The Morgan fingerprint density at radius 3 is 2.23 bits per heavy atom. The largest absolute Gasteiger partial charge is 0.511 e. The van der Waals surface area contributed by atoms with Crippen molar-refractivity contribution >= 4 is 28.2 Å². The van der Waals surface area contributed by atoms with Crippen LogP contribution in [0.3, 0.4) is 0 Å². The van der Waals surface area contributed by atoms with Crippen LogP contribution in [0.15, 0.2) is 35.2 Å². The molecule has 11 nitrogen and oxygen atoms in total. The number of benzene rings is 1. The summed E-state index contributed by atoms with van der Waals surface area (Å²) in [6.45, 7) is 7.68. The highest BCUT2D eigenvalue weighted by atomic mass is 32.2. The van der Waals surface area contributed by atoms with Gasteiger partial charge in [-0.3, -0.25) is 14.1 Å². The van der Waals surface area contributed by atoms with E-state index in [0.29, 0.717) is 11.8 Å². The number of nitrogens with two attached hydrogens (primary N) is 1. The number of fused-ring (bicyclic) bond motifs is 1. The number of aliphatic carboxylic acids is 1. The minimum atomic E-state index is -4.00. The maximum absolute atomic E-state index is 14.0. The number of carbonyl (C=O) groups excluding carboxylic acids is 2. The molecule has 1 aromatic carbocycles. The maximum atomic E-state index is 14.0. The van der Waals surface area contributed by atoms with Gasteiger partial charge in [-0.15, -0.1) is 0 Å². The molecular weight excluding hydrogens is 549 g/mol. The van der Waals surface area contributed by atoms with E-state index < -0.39 is 64.0 Å². The van der Waals surface area contributed by atoms with Crippen molar-refractivity contribution in [1.82, 2.24) is 0 Å². The lowest BCUT2D eigenvalue weighted by atomic mass is 9.75. The second-order valence-corrected chi connectivity index (χ2v) is 12.7. The third-order valence-electron chi connectivity index (χ3n) is 8.15. The van der Waals surface area contributed by atoms with Gasteiger partial charge in [0.1, 0.15) is 17.8 Å². The van der Waals surface area contributed by atoms with E-state index in [2.05, 4.69) is 20.8 Å². The molecule has 0 spiro atoms. The fourth-order valence-corrected chi connectivity index (χ4v) is 6.46. The van der Waals surface area contributed by atoms with Gasteiger partial charge in [0.2, 0.25) is 6.29 Å². The van der Waals surface area contributed by atoms with Crippen LogP contribution in [0.5, 0.6) is 0 Å². The number of halogens is 1. The molecule has 4 rings (SSSR count). The molecule has 0 aliphatic heterocycles. The van der Waals surface area contributed by atoms with Gasteiger partial charge in [-0.2, -0.15) is 8.42 Å². The quantitative estimate of drug-likeness (QED) is 0.240. The lowest BCUT2D eigenvalue weighted by Gasteiger charge is -2.36. The molecule has 0 amide bonds. The molecular formula is C27H38FNO10S. The Labute approximate surface area is 233 Å². The molecule has 0 unspecified atom stereocenters. The Morgan fingerprint density at radius 1 is 1.07 bits per heavy atom. The van der Waals surface area contributed by atoms with Crippen molar-refractivity contribution in [2.24, 2.45) is 41.2 Å². The van der Waals surface area contributed by atoms with Crippen LogP contribution >= 0.6 is 0 Å². The number of alkyl halides is 1. The Morgan fingerprint density at radius 2 is 1.70 bits per heavy atom. The zero-order valence-corrected chi connectivity index (χ0v) is 23.8. The van der Waals surface area contributed by atoms with Crippen LogP contribution in [0, 0.1) is 35.5 Å². The van der Waals surface area contributed by atoms with E-state index in [9.17, 15) is 32.3 Å². The molecule has 0 radical (unpaired) electrons. The van der Waals surface area contributed by atoms with E-state index in [1.165, 1.54) is 19.1 Å². The predicted octanol–water partition coefficient (Wildman–Crippen LogP) is 3.81. The highest BCUT2D eigenvalue weighted by Crippen LogP contribution is 2.62. The van der Waals surface area contributed by atoms with Crippen molar-refractivity contribution in [3.05, 3.63) is 30.3 Å². The van der Waals surface area contributed by atoms with Crippen molar-refractivity contribution < 1.29 is 51.1 Å². The third kappa shape index (κ3) is 7.10. The maximum Gasteiger partial charge on any atom is 0.511 e. The molecule has 40 heavy (non-hydrogen) atoms. The summed E-state index contributed by atoms with van der Waals surface area (Å²) in [5.41, 5.74) is 3.65. The molecule has 3 fully saturated rings. The smallest absolute Gasteiger partial charge is 0.480 e. The SMILES string of the molecule is CC(C)[C@@H]1CC[C@@H](C)C[C@H]1OC(=O)O[C@@H](C)OC(=O)[C@H]1[C@@H]2C[C@H](F)[C@@](N)(C(=O)O)[C@@H]21.O=S(=O)(O)c1ccccc1. The average Bonchev–Trinajstić information content (AvgIpc) is 3.50. The minimum absolute atomic E-state index is 0.0741. The van der Waals surface area contributed by atoms with Gasteiger partial charge < -0.3 is 25.1 Å². The number of rotatable bonds is 7. The first-order valence-corrected chi connectivity index (χ1v) is 14.8. The summed E-state index contributed by atoms with van der Waals surface area (Å²) in [6.07, 6.45) is -1.33. The molecule has 0 heterocycles. The van der Waals surface area contributed by atoms with Gasteiger partial charge in [0.25, 0.3) is 10.1 Å². The van der Waals surface area contributed by atoms with Gasteiger partial charge in [0.05, 0.1) is 10.8 Å². The van der Waals surface area contributed by atoms with Crippen LogP contribution < -0.4 is 5.73 Å². The lowest BCUT2D eigenvalue weighted by molar-refractivity contribution is -0.173. The van der Waals surface area contributed by atoms with Crippen molar-refractivity contribution in [1.29, 1.82) is 0 Å². The second-order valence-electron chi connectivity index (χ2n) is 11.3. The van der Waals surface area contributed by atoms with E-state index >= 15 is 0 Å². The van der Waals surface area contributed by atoms with Gasteiger partial charge in [0.15, 0.2) is 0 Å². The highest BCUT2D eigenvalue weighted by Gasteiger charge is 2.75. The van der Waals surface area contributed by atoms with E-state index in [1.807, 2.05) is 0 Å². The number of carboxylic acid groups (broad SMARTS) is 1. The summed E-state index contributed by atoms with van der Waals surface area (Å²) in [4.78, 5) is 35.9. The summed E-state index contributed by atoms with van der Waals surface area (Å²) < 4.78 is 58.9. The monoisotopic (exact) mass is 587 g/mol. The first kappa shape index (κ1) is 31.8. The predicted molar refractivity (Wildman–Crippen MR) is 139 cm³/mol. The topological polar surface area (TPSA) is 180 Å². The van der Waals surface area contributed by atoms with Crippen molar-refractivity contribution in [3.8, 4) is 0 Å². The van der Waals surface area contributed by atoms with E-state index in [0.717, 1.165) is 19.3 Å². The molecule has 13 heteroatoms. The molecule has 0 aromatic heterocycles. The normalized spacial score (nSPS) is 33.5. The van der Waals surface area contributed by atoms with Crippen LogP contribution in [-0.2, 0) is 33.9 Å². The van der Waals surface area contributed by atoms with E-state index in [4.69, 9.17) is 24.5 Å². The van der Waals surface area contributed by atoms with Crippen LogP contribution in [0.4, 0.5) is 9.18 Å². The Hall–Kier alpha value is -2.77. The number of hydrogen-bond acceptors (Lipinski definition) is 9. The van der Waals surface area contributed by atoms with Crippen LogP contribution in [-0.4, -0.2) is 60.3 Å². The van der Waals surface area contributed by atoms with Gasteiger partial charge in [0, 0.05) is 12.8 Å². The van der Waals surface area contributed by atoms with Crippen LogP contribution in [0.1, 0.15) is 53.4 Å². The first-order chi connectivity index (χ1) is 18.6. The zero-order valence-electron chi connectivity index (χ0n) is 22.9. The number of ether oxygens (including phenoxy) is 3. The molecule has 3 aliphatic rings. The van der Waals surface area contributed by atoms with Crippen molar-refractivity contribution in [3.63, 3.8) is 0 Å². The number of carbonyl (C=O) groups is 3. The van der Waals surface area contributed by atoms with Gasteiger partial charge in [-0.05, 0) is 55.1 Å². The second kappa shape index (κ2) is 12.4. The fourth-order valence-electron chi connectivity index (χ4n) is 5.95. The fraction of sp³-hybridized carbons (Fsp3) is 0.667. The summed E-state index contributed by atoms with van der Waals surface area (Å²) in [6, 6.07) is 7.42. The standard InChI is InChI=1S/C21H32FNO7.C6H6O3S/c1-9(2)12-6-5-10(3)7-14(12)30-20(27)29-11(4)28-18(24)16-13-8-15(22)21(23,17(13)16)19(25)26;7-10(8,9)6-4-2-1-3-5-6/h9-17H,5-8,23H2,1-4H3,(H,25,26);1-5H,(H,7,8,9)/t10-,11+,12+,13+,14-,15+,16+,17+,21+;/m1./s1. The van der Waals surface area contributed by atoms with Crippen molar-refractivity contribution in [2.75, 3.05) is 0 Å². The molecule has 0 saturated heterocycles. The number of hydrogen-bond donors (Lipinski definition) is 3. The van der Waals surface area contributed by atoms with Crippen molar-refractivity contribution in [2.45, 2.75) is 82.4 Å². The first-order valence-electron chi connectivity index (χ1n) is 13.3. The minimum Gasteiger partial charge on any atom is -0.480 e. The Bertz CT molecular complexity index is 1180. The molecule has 1 aromatic rings. The summed E-state index contributed by atoms with van der Waals surface area (Å²) in [5, 5.41) is 9.27. The molecule has 9 atom stereocenters. The highest BCUT2D eigenvalue weighted by molar-refractivity contribution is 7.85. The number of carboxylic acids is 1. The van der Waals surface area contributed by atoms with Gasteiger partial charge >= 0.3 is 18.1 Å². The zero-order chi connectivity index (χ0) is 30.0. The van der Waals surface area contributed by atoms with Crippen LogP contribution in [0.25, 0.3) is 0 Å². The van der Waals surface area contributed by atoms with Crippen LogP contribution in [0.2, 0.25) is 0 Å². The average molecular weight is 588 g/mol. The lowest BCUT2D eigenvalue weighted by Crippen LogP contribution is -2.56. The molecule has 224 valence electrons. The summed E-state index contributed by atoms with van der Waals surface area (Å²) >= 11 is 0. The molecule has 4 N–H and O–H groups in total. The summed E-state index contributed by atoms with van der Waals surface area (Å²) in [5.74, 6) is -3.22. The van der Waals surface area contributed by atoms with E-state index in [-0.39, 0.29) is 23.3 Å². The summed E-state index contributed by atoms with van der Waals surface area (Å²) in [7, 11) is -4.00. The molecule has 3 aliphatic carbocycles. The van der Waals surface area contributed by atoms with Gasteiger partial charge in [-0.25, -0.2) is 9.18 Å². The third-order valence-corrected chi connectivity index (χ3v) is 9.02. The van der Waals surface area contributed by atoms with E-state index in [1.54, 1.807) is 18.2 Å². The Balaban J connectivity index is 0.000000371. The molecule has 3 saturated carbocycles.